The van der Waals surface area contributed by atoms with Crippen LogP contribution in [0, 0.1) is 0 Å². The molecule has 0 atom stereocenters. The third kappa shape index (κ3) is 5.46. The number of hydrogen-bond donors (Lipinski definition) is 2. The number of rotatable bonds is 8. The van der Waals surface area contributed by atoms with Crippen LogP contribution in [-0.4, -0.2) is 39.2 Å². The molecule has 2 amide bonds. The maximum absolute atomic E-state index is 11.8. The summed E-state index contributed by atoms with van der Waals surface area (Å²) in [6.45, 7) is 5.09. The number of carbonyl (C=O) groups excluding carboxylic acids is 1. The molecule has 0 fully saturated rings. The Kier molecular flexibility index (Phi) is 7.46. The molecule has 0 spiro atoms. The van der Waals surface area contributed by atoms with Crippen LogP contribution in [-0.2, 0) is 9.47 Å². The average molecular weight is 282 g/mol. The van der Waals surface area contributed by atoms with Gasteiger partial charge in [-0.1, -0.05) is 12.1 Å². The highest BCUT2D eigenvalue weighted by Gasteiger charge is 2.11. The van der Waals surface area contributed by atoms with E-state index < -0.39 is 6.29 Å². The molecule has 0 radical (unpaired) electrons. The molecule has 0 saturated heterocycles. The molecular formula is C14H22N2O4. The van der Waals surface area contributed by atoms with Crippen molar-refractivity contribution in [1.82, 2.24) is 5.32 Å². The van der Waals surface area contributed by atoms with Gasteiger partial charge in [0.2, 0.25) is 0 Å². The normalized spacial score (nSPS) is 10.4. The SMILES string of the molecule is CCOC(CNC(=O)Nc1ccccc1OC)OCC. The number of para-hydroxylation sites is 2. The standard InChI is InChI=1S/C14H22N2O4/c1-4-19-13(20-5-2)10-15-14(17)16-11-8-6-7-9-12(11)18-3/h6-9,13H,4-5,10H2,1-3H3,(H2,15,16,17). The molecule has 0 aliphatic rings. The molecule has 0 bridgehead atoms. The second-order valence-corrected chi connectivity index (χ2v) is 3.88. The van der Waals surface area contributed by atoms with E-state index in [2.05, 4.69) is 10.6 Å². The van der Waals surface area contributed by atoms with Gasteiger partial charge >= 0.3 is 6.03 Å². The van der Waals surface area contributed by atoms with Gasteiger partial charge in [0.1, 0.15) is 5.75 Å². The molecule has 2 N–H and O–H groups in total. The topological polar surface area (TPSA) is 68.8 Å². The highest BCUT2D eigenvalue weighted by atomic mass is 16.7. The summed E-state index contributed by atoms with van der Waals surface area (Å²) >= 11 is 0. The van der Waals surface area contributed by atoms with Crippen molar-refractivity contribution < 1.29 is 19.0 Å². The summed E-state index contributed by atoms with van der Waals surface area (Å²) in [5.41, 5.74) is 0.608. The van der Waals surface area contributed by atoms with Gasteiger partial charge in [0, 0.05) is 13.2 Å². The Bertz CT molecular complexity index is 406. The molecule has 1 aromatic rings. The van der Waals surface area contributed by atoms with Crippen LogP contribution < -0.4 is 15.4 Å². The minimum Gasteiger partial charge on any atom is -0.495 e. The molecule has 20 heavy (non-hydrogen) atoms. The molecule has 6 heteroatoms. The van der Waals surface area contributed by atoms with E-state index in [9.17, 15) is 4.79 Å². The van der Waals surface area contributed by atoms with Gasteiger partial charge in [0.15, 0.2) is 6.29 Å². The van der Waals surface area contributed by atoms with Crippen LogP contribution >= 0.6 is 0 Å². The summed E-state index contributed by atoms with van der Waals surface area (Å²) < 4.78 is 15.8. The molecule has 0 saturated carbocycles. The van der Waals surface area contributed by atoms with Crippen LogP contribution in [0.5, 0.6) is 5.75 Å². The van der Waals surface area contributed by atoms with Crippen molar-refractivity contribution in [2.24, 2.45) is 0 Å². The fourth-order valence-electron chi connectivity index (χ4n) is 1.63. The first-order valence-electron chi connectivity index (χ1n) is 6.62. The lowest BCUT2D eigenvalue weighted by atomic mass is 10.3. The van der Waals surface area contributed by atoms with E-state index in [-0.39, 0.29) is 12.6 Å². The quantitative estimate of drug-likeness (QED) is 0.717. The van der Waals surface area contributed by atoms with Gasteiger partial charge in [-0.25, -0.2) is 4.79 Å². The minimum atomic E-state index is -0.437. The Balaban J connectivity index is 2.46. The van der Waals surface area contributed by atoms with Gasteiger partial charge in [-0.15, -0.1) is 0 Å². The molecule has 0 heterocycles. The van der Waals surface area contributed by atoms with E-state index in [1.54, 1.807) is 19.2 Å². The van der Waals surface area contributed by atoms with Crippen LogP contribution in [0.15, 0.2) is 24.3 Å². The molecule has 0 unspecified atom stereocenters. The van der Waals surface area contributed by atoms with Crippen molar-refractivity contribution in [2.75, 3.05) is 32.2 Å². The zero-order chi connectivity index (χ0) is 14.8. The average Bonchev–Trinajstić information content (AvgIpc) is 2.46. The number of methoxy groups -OCH3 is 1. The second kappa shape index (κ2) is 9.17. The van der Waals surface area contributed by atoms with E-state index in [4.69, 9.17) is 14.2 Å². The van der Waals surface area contributed by atoms with Crippen LogP contribution in [0.25, 0.3) is 0 Å². The molecule has 0 aromatic heterocycles. The smallest absolute Gasteiger partial charge is 0.319 e. The lowest BCUT2D eigenvalue weighted by Gasteiger charge is -2.18. The number of benzene rings is 1. The lowest BCUT2D eigenvalue weighted by molar-refractivity contribution is -0.131. The molecule has 1 aromatic carbocycles. The molecule has 6 nitrogen and oxygen atoms in total. The number of anilines is 1. The molecule has 0 aliphatic heterocycles. The van der Waals surface area contributed by atoms with E-state index in [0.717, 1.165) is 0 Å². The summed E-state index contributed by atoms with van der Waals surface area (Å²) in [5.74, 6) is 0.605. The Morgan fingerprint density at radius 2 is 1.85 bits per heavy atom. The third-order valence-corrected chi connectivity index (χ3v) is 2.49. The van der Waals surface area contributed by atoms with Crippen LogP contribution in [0.1, 0.15) is 13.8 Å². The highest BCUT2D eigenvalue weighted by molar-refractivity contribution is 5.90. The van der Waals surface area contributed by atoms with Crippen molar-refractivity contribution in [3.8, 4) is 5.75 Å². The second-order valence-electron chi connectivity index (χ2n) is 3.88. The van der Waals surface area contributed by atoms with E-state index in [1.807, 2.05) is 26.0 Å². The van der Waals surface area contributed by atoms with Crippen molar-refractivity contribution in [3.05, 3.63) is 24.3 Å². The number of ether oxygens (including phenoxy) is 3. The lowest BCUT2D eigenvalue weighted by Crippen LogP contribution is -2.37. The van der Waals surface area contributed by atoms with Crippen LogP contribution in [0.3, 0.4) is 0 Å². The van der Waals surface area contributed by atoms with Gasteiger partial charge in [0.25, 0.3) is 0 Å². The van der Waals surface area contributed by atoms with E-state index >= 15 is 0 Å². The highest BCUT2D eigenvalue weighted by Crippen LogP contribution is 2.22. The van der Waals surface area contributed by atoms with Crippen LogP contribution in [0.4, 0.5) is 10.5 Å². The number of nitrogens with one attached hydrogen (secondary N) is 2. The van der Waals surface area contributed by atoms with Gasteiger partial charge in [0.05, 0.1) is 19.3 Å². The van der Waals surface area contributed by atoms with Crippen molar-refractivity contribution in [3.63, 3.8) is 0 Å². The predicted molar refractivity (Wildman–Crippen MR) is 77.1 cm³/mol. The zero-order valence-electron chi connectivity index (χ0n) is 12.1. The Hall–Kier alpha value is -1.79. The first-order valence-corrected chi connectivity index (χ1v) is 6.62. The molecule has 1 rings (SSSR count). The summed E-state index contributed by atoms with van der Waals surface area (Å²) in [5, 5.41) is 5.41. The Labute approximate surface area is 119 Å². The van der Waals surface area contributed by atoms with Crippen LogP contribution in [0.2, 0.25) is 0 Å². The van der Waals surface area contributed by atoms with Gasteiger partial charge in [-0.05, 0) is 26.0 Å². The summed E-state index contributed by atoms with van der Waals surface area (Å²) in [6.07, 6.45) is -0.437. The fourth-order valence-corrected chi connectivity index (χ4v) is 1.63. The zero-order valence-corrected chi connectivity index (χ0v) is 12.1. The number of hydrogen-bond acceptors (Lipinski definition) is 4. The van der Waals surface area contributed by atoms with Crippen molar-refractivity contribution in [2.45, 2.75) is 20.1 Å². The summed E-state index contributed by atoms with van der Waals surface area (Å²) in [6, 6.07) is 6.86. The van der Waals surface area contributed by atoms with Gasteiger partial charge in [-0.2, -0.15) is 0 Å². The molecular weight excluding hydrogens is 260 g/mol. The van der Waals surface area contributed by atoms with E-state index in [1.165, 1.54) is 0 Å². The Morgan fingerprint density at radius 3 is 2.45 bits per heavy atom. The fraction of sp³-hybridized carbons (Fsp3) is 0.500. The first-order chi connectivity index (χ1) is 9.71. The number of carbonyl (C=O) groups is 1. The Morgan fingerprint density at radius 1 is 1.20 bits per heavy atom. The van der Waals surface area contributed by atoms with Crippen molar-refractivity contribution in [1.29, 1.82) is 0 Å². The molecule has 112 valence electrons. The van der Waals surface area contributed by atoms with E-state index in [0.29, 0.717) is 24.7 Å². The summed E-state index contributed by atoms with van der Waals surface area (Å²) in [7, 11) is 1.55. The minimum absolute atomic E-state index is 0.280. The summed E-state index contributed by atoms with van der Waals surface area (Å²) in [4.78, 5) is 11.8. The third-order valence-electron chi connectivity index (χ3n) is 2.49. The maximum atomic E-state index is 11.8. The number of urea groups is 1. The predicted octanol–water partition coefficient (Wildman–Crippen LogP) is 2.22. The first kappa shape index (κ1) is 16.3. The van der Waals surface area contributed by atoms with Gasteiger partial charge < -0.3 is 24.8 Å². The largest absolute Gasteiger partial charge is 0.495 e. The monoisotopic (exact) mass is 282 g/mol. The number of amides is 2. The maximum Gasteiger partial charge on any atom is 0.319 e. The molecule has 0 aliphatic carbocycles. The van der Waals surface area contributed by atoms with Gasteiger partial charge in [-0.3, -0.25) is 0 Å². The van der Waals surface area contributed by atoms with Crippen molar-refractivity contribution >= 4 is 11.7 Å².